The zero-order valence-corrected chi connectivity index (χ0v) is 29.9. The normalized spacial score (nSPS) is 42.7. The second kappa shape index (κ2) is 11.8. The van der Waals surface area contributed by atoms with Crippen LogP contribution < -0.4 is 5.73 Å². The molecule has 3 N–H and O–H groups in total. The minimum Gasteiger partial charge on any atom is -0.462 e. The second-order valence-corrected chi connectivity index (χ2v) is 17.8. The van der Waals surface area contributed by atoms with Crippen LogP contribution in [-0.4, -0.2) is 42.4 Å². The first-order chi connectivity index (χ1) is 19.9. The van der Waals surface area contributed by atoms with Crippen molar-refractivity contribution in [3.63, 3.8) is 0 Å². The molecular formula is C37H62ClNO5. The van der Waals surface area contributed by atoms with Crippen LogP contribution in [0.2, 0.25) is 0 Å². The zero-order chi connectivity index (χ0) is 31.8. The summed E-state index contributed by atoms with van der Waals surface area (Å²) in [7, 11) is 0. The third-order valence-electron chi connectivity index (χ3n) is 14.6. The molecule has 5 aliphatic rings. The van der Waals surface area contributed by atoms with Gasteiger partial charge >= 0.3 is 11.9 Å². The number of hydrogen-bond donors (Lipinski definition) is 2. The van der Waals surface area contributed by atoms with Crippen molar-refractivity contribution >= 4 is 24.3 Å². The molecule has 9 atom stereocenters. The van der Waals surface area contributed by atoms with Crippen LogP contribution in [0.5, 0.6) is 0 Å². The van der Waals surface area contributed by atoms with Crippen LogP contribution in [0, 0.1) is 56.2 Å². The first-order valence-corrected chi connectivity index (χ1v) is 17.3. The molecule has 4 saturated carbocycles. The SMILES string of the molecule is CC(C)[C@H](N)C(=O)OCCOC(=O)[C@]12CCC(C)(C)C[C@H]1C1=CC[C@@H]3[C@@]4(C)CC[C@H](O)C(C)(C)[C@@H]4CC[C@@]3(C)[C@]1(C)CC2.Cl. The van der Waals surface area contributed by atoms with Crippen molar-refractivity contribution in [3.05, 3.63) is 11.6 Å². The molecule has 7 heteroatoms. The molecule has 0 aromatic carbocycles. The van der Waals surface area contributed by atoms with Crippen molar-refractivity contribution in [3.8, 4) is 0 Å². The molecule has 0 amide bonds. The van der Waals surface area contributed by atoms with Crippen molar-refractivity contribution in [1.82, 2.24) is 0 Å². The minimum absolute atomic E-state index is 0. The Balaban J connectivity index is 0.00000442. The molecule has 4 fully saturated rings. The van der Waals surface area contributed by atoms with E-state index < -0.39 is 17.4 Å². The Morgan fingerprint density at radius 1 is 0.909 bits per heavy atom. The molecule has 5 rings (SSSR count). The maximum Gasteiger partial charge on any atom is 0.323 e. The predicted octanol–water partition coefficient (Wildman–Crippen LogP) is 7.64. The average molecular weight is 636 g/mol. The van der Waals surface area contributed by atoms with E-state index in [2.05, 4.69) is 54.5 Å². The smallest absolute Gasteiger partial charge is 0.323 e. The first kappa shape index (κ1) is 35.7. The Kier molecular flexibility index (Phi) is 9.62. The predicted molar refractivity (Wildman–Crippen MR) is 177 cm³/mol. The summed E-state index contributed by atoms with van der Waals surface area (Å²) in [5.74, 6) is 0.719. The Bertz CT molecular complexity index is 1150. The molecule has 252 valence electrons. The zero-order valence-electron chi connectivity index (χ0n) is 29.1. The van der Waals surface area contributed by atoms with Crippen molar-refractivity contribution in [1.29, 1.82) is 0 Å². The van der Waals surface area contributed by atoms with Crippen LogP contribution in [0.25, 0.3) is 0 Å². The van der Waals surface area contributed by atoms with Crippen molar-refractivity contribution in [2.45, 2.75) is 139 Å². The van der Waals surface area contributed by atoms with Gasteiger partial charge in [0.05, 0.1) is 11.5 Å². The van der Waals surface area contributed by atoms with Crippen LogP contribution in [-0.2, 0) is 19.1 Å². The molecule has 0 unspecified atom stereocenters. The van der Waals surface area contributed by atoms with Crippen molar-refractivity contribution in [2.24, 2.45) is 61.9 Å². The van der Waals surface area contributed by atoms with E-state index >= 15 is 0 Å². The molecule has 0 heterocycles. The topological polar surface area (TPSA) is 98.9 Å². The van der Waals surface area contributed by atoms with E-state index in [1.807, 2.05) is 13.8 Å². The fourth-order valence-corrected chi connectivity index (χ4v) is 11.4. The van der Waals surface area contributed by atoms with E-state index in [0.29, 0.717) is 11.8 Å². The molecule has 0 saturated heterocycles. The number of ether oxygens (including phenoxy) is 2. The summed E-state index contributed by atoms with van der Waals surface area (Å²) in [6.45, 7) is 20.9. The summed E-state index contributed by atoms with van der Waals surface area (Å²) < 4.78 is 11.3. The van der Waals surface area contributed by atoms with Gasteiger partial charge in [-0.3, -0.25) is 9.59 Å². The van der Waals surface area contributed by atoms with Crippen molar-refractivity contribution in [2.75, 3.05) is 13.2 Å². The lowest BCUT2D eigenvalue weighted by molar-refractivity contribution is -0.206. The van der Waals surface area contributed by atoms with Crippen molar-refractivity contribution < 1.29 is 24.2 Å². The van der Waals surface area contributed by atoms with Gasteiger partial charge in [0.2, 0.25) is 0 Å². The average Bonchev–Trinajstić information content (AvgIpc) is 2.92. The number of aliphatic hydroxyl groups is 1. The number of aliphatic hydroxyl groups excluding tert-OH is 1. The Labute approximate surface area is 273 Å². The van der Waals surface area contributed by atoms with Gasteiger partial charge in [-0.05, 0) is 115 Å². The number of carbonyl (C=O) groups excluding carboxylic acids is 2. The highest BCUT2D eigenvalue weighted by molar-refractivity contribution is 5.85. The maximum absolute atomic E-state index is 14.1. The standard InChI is InChI=1S/C37H61NO5.ClH/c1-23(2)29(38)30(40)42-20-21-43-31(41)37-18-16-32(3,4)22-25(37)24-10-11-27-34(7)14-13-28(39)33(5,6)26(34)12-15-36(27,9)35(24,8)17-19-37;/h10,23,25-29,39H,11-22,38H2,1-9H3;1H/t25-,26-,27+,28-,29-,34-,35+,36+,37-;/m0./s1. The third-order valence-corrected chi connectivity index (χ3v) is 14.6. The summed E-state index contributed by atoms with van der Waals surface area (Å²) in [4.78, 5) is 26.3. The quantitative estimate of drug-likeness (QED) is 0.177. The summed E-state index contributed by atoms with van der Waals surface area (Å²) in [5, 5.41) is 11.0. The highest BCUT2D eigenvalue weighted by Crippen LogP contribution is 2.75. The molecule has 0 aromatic heterocycles. The van der Waals surface area contributed by atoms with Gasteiger partial charge in [0.25, 0.3) is 0 Å². The highest BCUT2D eigenvalue weighted by atomic mass is 35.5. The Morgan fingerprint density at radius 3 is 2.20 bits per heavy atom. The van der Waals surface area contributed by atoms with E-state index in [0.717, 1.165) is 51.4 Å². The van der Waals surface area contributed by atoms with Crippen LogP contribution in [0.4, 0.5) is 0 Å². The molecule has 0 radical (unpaired) electrons. The van der Waals surface area contributed by atoms with Gasteiger partial charge in [-0.25, -0.2) is 0 Å². The Hall–Kier alpha value is -1.11. The molecule has 0 aliphatic heterocycles. The summed E-state index contributed by atoms with van der Waals surface area (Å²) in [5.41, 5.74) is 7.43. The molecule has 5 aliphatic carbocycles. The van der Waals surface area contributed by atoms with Gasteiger partial charge in [-0.1, -0.05) is 74.0 Å². The third kappa shape index (κ3) is 5.29. The Morgan fingerprint density at radius 2 is 1.55 bits per heavy atom. The van der Waals surface area contributed by atoms with E-state index in [1.165, 1.54) is 18.4 Å². The van der Waals surface area contributed by atoms with Gasteiger partial charge in [0.15, 0.2) is 0 Å². The molecule has 0 aromatic rings. The summed E-state index contributed by atoms with van der Waals surface area (Å²) in [6.07, 6.45) is 12.5. The fourth-order valence-electron chi connectivity index (χ4n) is 11.4. The fraction of sp³-hybridized carbons (Fsp3) is 0.892. The molecule has 0 spiro atoms. The molecule has 6 nitrogen and oxygen atoms in total. The minimum atomic E-state index is -0.666. The number of nitrogens with two attached hydrogens (primary N) is 1. The van der Waals surface area contributed by atoms with E-state index in [4.69, 9.17) is 15.2 Å². The van der Waals surface area contributed by atoms with Crippen LogP contribution in [0.15, 0.2) is 11.6 Å². The largest absolute Gasteiger partial charge is 0.462 e. The number of esters is 2. The lowest BCUT2D eigenvalue weighted by Gasteiger charge is -2.71. The number of allylic oxidation sites excluding steroid dienone is 2. The van der Waals surface area contributed by atoms with Crippen LogP contribution in [0.3, 0.4) is 0 Å². The highest BCUT2D eigenvalue weighted by Gasteiger charge is 2.69. The van der Waals surface area contributed by atoms with E-state index in [-0.39, 0.29) is 76.6 Å². The van der Waals surface area contributed by atoms with Gasteiger partial charge in [0.1, 0.15) is 19.3 Å². The van der Waals surface area contributed by atoms with Gasteiger partial charge in [0, 0.05) is 0 Å². The lowest BCUT2D eigenvalue weighted by Crippen LogP contribution is -2.65. The van der Waals surface area contributed by atoms with E-state index in [9.17, 15) is 14.7 Å². The van der Waals surface area contributed by atoms with Gasteiger partial charge < -0.3 is 20.3 Å². The molecule has 0 bridgehead atoms. The number of rotatable bonds is 6. The van der Waals surface area contributed by atoms with Crippen LogP contribution >= 0.6 is 12.4 Å². The number of hydrogen-bond acceptors (Lipinski definition) is 6. The number of halogens is 1. The number of fused-ring (bicyclic) bond motifs is 7. The monoisotopic (exact) mass is 635 g/mol. The lowest BCUT2D eigenvalue weighted by atomic mass is 9.33. The summed E-state index contributed by atoms with van der Waals surface area (Å²) in [6, 6.07) is -0.666. The van der Waals surface area contributed by atoms with Gasteiger partial charge in [-0.2, -0.15) is 0 Å². The maximum atomic E-state index is 14.1. The second-order valence-electron chi connectivity index (χ2n) is 17.8. The number of carbonyl (C=O) groups is 2. The molecule has 44 heavy (non-hydrogen) atoms. The van der Waals surface area contributed by atoms with Gasteiger partial charge in [-0.15, -0.1) is 12.4 Å². The van der Waals surface area contributed by atoms with Crippen LogP contribution in [0.1, 0.15) is 127 Å². The summed E-state index contributed by atoms with van der Waals surface area (Å²) >= 11 is 0. The van der Waals surface area contributed by atoms with E-state index in [1.54, 1.807) is 0 Å². The first-order valence-electron chi connectivity index (χ1n) is 17.3. The molecular weight excluding hydrogens is 574 g/mol.